The van der Waals surface area contributed by atoms with Crippen LogP contribution >= 0.6 is 0 Å². The smallest absolute Gasteiger partial charge is 0.328 e. The minimum absolute atomic E-state index is 0.0414. The summed E-state index contributed by atoms with van der Waals surface area (Å²) in [6, 6.07) is -0.282. The molecular weight excluding hydrogens is 254 g/mol. The molecule has 2 unspecified atom stereocenters. The molecule has 0 aliphatic carbocycles. The lowest BCUT2D eigenvalue weighted by atomic mass is 9.85. The van der Waals surface area contributed by atoms with Gasteiger partial charge in [-0.25, -0.2) is 9.78 Å². The molecule has 0 aromatic carbocycles. The second-order valence-corrected chi connectivity index (χ2v) is 6.34. The van der Waals surface area contributed by atoms with E-state index < -0.39 is 0 Å². The summed E-state index contributed by atoms with van der Waals surface area (Å²) < 4.78 is 7.00. The number of esters is 1. The molecule has 0 saturated carbocycles. The zero-order valence-corrected chi connectivity index (χ0v) is 12.8. The van der Waals surface area contributed by atoms with E-state index in [1.807, 2.05) is 10.8 Å². The molecule has 0 spiro atoms. The lowest BCUT2D eigenvalue weighted by molar-refractivity contribution is -0.145. The molecule has 2 heterocycles. The van der Waals surface area contributed by atoms with Crippen LogP contribution in [0.1, 0.15) is 45.3 Å². The van der Waals surface area contributed by atoms with Crippen LogP contribution in [-0.2, 0) is 14.9 Å². The van der Waals surface area contributed by atoms with Gasteiger partial charge in [0.25, 0.3) is 0 Å². The van der Waals surface area contributed by atoms with Gasteiger partial charge in [0.05, 0.1) is 13.4 Å². The zero-order valence-electron chi connectivity index (χ0n) is 12.8. The van der Waals surface area contributed by atoms with Crippen molar-refractivity contribution in [1.82, 2.24) is 14.9 Å². The van der Waals surface area contributed by atoms with E-state index in [4.69, 9.17) is 4.74 Å². The van der Waals surface area contributed by atoms with Crippen molar-refractivity contribution < 1.29 is 9.53 Å². The van der Waals surface area contributed by atoms with Gasteiger partial charge >= 0.3 is 5.97 Å². The zero-order chi connectivity index (χ0) is 14.8. The van der Waals surface area contributed by atoms with Crippen LogP contribution < -0.4 is 5.32 Å². The summed E-state index contributed by atoms with van der Waals surface area (Å²) >= 11 is 0. The van der Waals surface area contributed by atoms with Gasteiger partial charge in [-0.3, -0.25) is 0 Å². The molecular formula is C15H25N3O2. The Kier molecular flexibility index (Phi) is 4.48. The number of rotatable bonds is 5. The standard InChI is InChI=1S/C15H25N3O2/c1-11(2)7-12(14(19)20-4)18-10-17-8-13(18)15(3)5-6-16-9-15/h8,10-12,16H,5-7,9H2,1-4H3. The van der Waals surface area contributed by atoms with Crippen LogP contribution in [0.25, 0.3) is 0 Å². The molecule has 0 amide bonds. The third kappa shape index (κ3) is 2.87. The number of carbonyl (C=O) groups excluding carboxylic acids is 1. The van der Waals surface area contributed by atoms with Gasteiger partial charge in [0, 0.05) is 23.9 Å². The highest BCUT2D eigenvalue weighted by Gasteiger charge is 2.36. The molecule has 1 fully saturated rings. The summed E-state index contributed by atoms with van der Waals surface area (Å²) in [4.78, 5) is 16.4. The van der Waals surface area contributed by atoms with Gasteiger partial charge < -0.3 is 14.6 Å². The van der Waals surface area contributed by atoms with Crippen molar-refractivity contribution >= 4 is 5.97 Å². The van der Waals surface area contributed by atoms with Crippen molar-refractivity contribution in [2.24, 2.45) is 5.92 Å². The highest BCUT2D eigenvalue weighted by molar-refractivity contribution is 5.74. The average Bonchev–Trinajstić information content (AvgIpc) is 3.04. The van der Waals surface area contributed by atoms with Crippen molar-refractivity contribution in [1.29, 1.82) is 0 Å². The average molecular weight is 279 g/mol. The maximum Gasteiger partial charge on any atom is 0.328 e. The molecule has 1 aliphatic rings. The Morgan fingerprint density at radius 1 is 1.60 bits per heavy atom. The van der Waals surface area contributed by atoms with E-state index in [1.54, 1.807) is 6.33 Å². The number of aromatic nitrogens is 2. The SMILES string of the molecule is COC(=O)C(CC(C)C)n1cncc1C1(C)CCNC1. The number of ether oxygens (including phenoxy) is 1. The molecule has 0 radical (unpaired) electrons. The monoisotopic (exact) mass is 279 g/mol. The van der Waals surface area contributed by atoms with Crippen LogP contribution in [0.4, 0.5) is 0 Å². The molecule has 0 bridgehead atoms. The number of imidazole rings is 1. The first-order valence-corrected chi connectivity index (χ1v) is 7.29. The van der Waals surface area contributed by atoms with Crippen LogP contribution in [0.15, 0.2) is 12.5 Å². The predicted molar refractivity (Wildman–Crippen MR) is 77.6 cm³/mol. The highest BCUT2D eigenvalue weighted by Crippen LogP contribution is 2.33. The Balaban J connectivity index is 2.34. The van der Waals surface area contributed by atoms with Crippen molar-refractivity contribution in [2.75, 3.05) is 20.2 Å². The minimum Gasteiger partial charge on any atom is -0.467 e. The van der Waals surface area contributed by atoms with Gasteiger partial charge in [-0.05, 0) is 25.3 Å². The van der Waals surface area contributed by atoms with Crippen LogP contribution in [0.2, 0.25) is 0 Å². The Morgan fingerprint density at radius 3 is 2.90 bits per heavy atom. The van der Waals surface area contributed by atoms with Gasteiger partial charge in [0.15, 0.2) is 0 Å². The van der Waals surface area contributed by atoms with Crippen molar-refractivity contribution in [3.8, 4) is 0 Å². The first-order chi connectivity index (χ1) is 9.48. The number of hydrogen-bond acceptors (Lipinski definition) is 4. The maximum atomic E-state index is 12.1. The quantitative estimate of drug-likeness (QED) is 0.836. The van der Waals surface area contributed by atoms with E-state index in [9.17, 15) is 4.79 Å². The Bertz CT molecular complexity index is 461. The molecule has 5 heteroatoms. The molecule has 2 atom stereocenters. The number of carbonyl (C=O) groups is 1. The van der Waals surface area contributed by atoms with E-state index in [1.165, 1.54) is 7.11 Å². The summed E-state index contributed by atoms with van der Waals surface area (Å²) in [5.41, 5.74) is 1.17. The van der Waals surface area contributed by atoms with E-state index in [0.717, 1.165) is 31.6 Å². The first kappa shape index (κ1) is 15.0. The molecule has 1 aromatic rings. The van der Waals surface area contributed by atoms with E-state index in [2.05, 4.69) is 31.1 Å². The summed E-state index contributed by atoms with van der Waals surface area (Å²) in [5.74, 6) is 0.233. The van der Waals surface area contributed by atoms with Gasteiger partial charge in [-0.1, -0.05) is 20.8 Å². The molecule has 5 nitrogen and oxygen atoms in total. The fourth-order valence-electron chi connectivity index (χ4n) is 2.96. The number of methoxy groups -OCH3 is 1. The molecule has 20 heavy (non-hydrogen) atoms. The second-order valence-electron chi connectivity index (χ2n) is 6.34. The fraction of sp³-hybridized carbons (Fsp3) is 0.733. The summed E-state index contributed by atoms with van der Waals surface area (Å²) in [6.07, 6.45) is 5.49. The van der Waals surface area contributed by atoms with Crippen molar-refractivity contribution in [3.63, 3.8) is 0 Å². The molecule has 1 N–H and O–H groups in total. The van der Waals surface area contributed by atoms with E-state index >= 15 is 0 Å². The van der Waals surface area contributed by atoms with Crippen molar-refractivity contribution in [3.05, 3.63) is 18.2 Å². The lowest BCUT2D eigenvalue weighted by Gasteiger charge is -2.28. The minimum atomic E-state index is -0.282. The fourth-order valence-corrected chi connectivity index (χ4v) is 2.96. The Labute approximate surface area is 120 Å². The van der Waals surface area contributed by atoms with Gasteiger partial charge in [-0.2, -0.15) is 0 Å². The number of hydrogen-bond donors (Lipinski definition) is 1. The molecule has 2 rings (SSSR count). The number of nitrogens with zero attached hydrogens (tertiary/aromatic N) is 2. The third-order valence-corrected chi connectivity index (χ3v) is 4.16. The highest BCUT2D eigenvalue weighted by atomic mass is 16.5. The largest absolute Gasteiger partial charge is 0.467 e. The van der Waals surface area contributed by atoms with Gasteiger partial charge in [0.2, 0.25) is 0 Å². The Morgan fingerprint density at radius 2 is 2.35 bits per heavy atom. The molecule has 1 aromatic heterocycles. The van der Waals surface area contributed by atoms with E-state index in [0.29, 0.717) is 5.92 Å². The summed E-state index contributed by atoms with van der Waals surface area (Å²) in [6.45, 7) is 8.39. The first-order valence-electron chi connectivity index (χ1n) is 7.29. The lowest BCUT2D eigenvalue weighted by Crippen LogP contribution is -2.32. The normalized spacial score (nSPS) is 24.1. The van der Waals surface area contributed by atoms with Crippen LogP contribution in [0.5, 0.6) is 0 Å². The second kappa shape index (κ2) is 5.95. The predicted octanol–water partition coefficient (Wildman–Crippen LogP) is 1.89. The van der Waals surface area contributed by atoms with Crippen molar-refractivity contribution in [2.45, 2.75) is 45.1 Å². The summed E-state index contributed by atoms with van der Waals surface area (Å²) in [5, 5.41) is 3.39. The summed E-state index contributed by atoms with van der Waals surface area (Å²) in [7, 11) is 1.45. The Hall–Kier alpha value is -1.36. The maximum absolute atomic E-state index is 12.1. The van der Waals surface area contributed by atoms with Gasteiger partial charge in [0.1, 0.15) is 6.04 Å². The molecule has 1 aliphatic heterocycles. The van der Waals surface area contributed by atoms with Crippen LogP contribution in [-0.4, -0.2) is 35.7 Å². The van der Waals surface area contributed by atoms with Gasteiger partial charge in [-0.15, -0.1) is 0 Å². The van der Waals surface area contributed by atoms with Crippen LogP contribution in [0, 0.1) is 5.92 Å². The third-order valence-electron chi connectivity index (χ3n) is 4.16. The van der Waals surface area contributed by atoms with Crippen LogP contribution in [0.3, 0.4) is 0 Å². The molecule has 1 saturated heterocycles. The molecule has 112 valence electrons. The number of nitrogens with one attached hydrogen (secondary N) is 1. The van der Waals surface area contributed by atoms with E-state index in [-0.39, 0.29) is 17.4 Å². The topological polar surface area (TPSA) is 56.2 Å².